The highest BCUT2D eigenvalue weighted by molar-refractivity contribution is 5.57. The van der Waals surface area contributed by atoms with Gasteiger partial charge in [-0.2, -0.15) is 0 Å². The van der Waals surface area contributed by atoms with Crippen molar-refractivity contribution in [1.82, 2.24) is 9.97 Å². The highest BCUT2D eigenvalue weighted by Crippen LogP contribution is 2.36. The van der Waals surface area contributed by atoms with E-state index in [1.807, 2.05) is 6.92 Å². The Bertz CT molecular complexity index is 472. The van der Waals surface area contributed by atoms with Gasteiger partial charge in [-0.3, -0.25) is 0 Å². The summed E-state index contributed by atoms with van der Waals surface area (Å²) in [5.41, 5.74) is 1.64. The molecule has 21 heavy (non-hydrogen) atoms. The Morgan fingerprint density at radius 1 is 1.10 bits per heavy atom. The molecule has 0 aromatic carbocycles. The van der Waals surface area contributed by atoms with Crippen LogP contribution in [0.2, 0.25) is 0 Å². The van der Waals surface area contributed by atoms with Crippen LogP contribution in [0.25, 0.3) is 0 Å². The van der Waals surface area contributed by atoms with Crippen LogP contribution in [0, 0.1) is 19.3 Å². The van der Waals surface area contributed by atoms with Gasteiger partial charge in [0.2, 0.25) is 0 Å². The molecule has 1 aliphatic carbocycles. The molecular weight excluding hydrogens is 260 g/mol. The van der Waals surface area contributed by atoms with Gasteiger partial charge in [0.25, 0.3) is 0 Å². The van der Waals surface area contributed by atoms with Gasteiger partial charge in [0.05, 0.1) is 0 Å². The first-order valence-corrected chi connectivity index (χ1v) is 8.27. The van der Waals surface area contributed by atoms with Crippen molar-refractivity contribution in [2.75, 3.05) is 17.2 Å². The fourth-order valence-corrected chi connectivity index (χ4v) is 2.92. The van der Waals surface area contributed by atoms with E-state index in [2.05, 4.69) is 48.3 Å². The van der Waals surface area contributed by atoms with Gasteiger partial charge in [0.1, 0.15) is 17.5 Å². The van der Waals surface area contributed by atoms with E-state index < -0.39 is 0 Å². The molecule has 1 heterocycles. The lowest BCUT2D eigenvalue weighted by Crippen LogP contribution is -2.30. The van der Waals surface area contributed by atoms with Crippen LogP contribution in [0.15, 0.2) is 0 Å². The second-order valence-corrected chi connectivity index (χ2v) is 7.10. The second-order valence-electron chi connectivity index (χ2n) is 7.10. The molecule has 0 radical (unpaired) electrons. The Kier molecular flexibility index (Phi) is 5.07. The summed E-state index contributed by atoms with van der Waals surface area (Å²) in [6, 6.07) is 0.546. The predicted octanol–water partition coefficient (Wildman–Crippen LogP) is 4.30. The van der Waals surface area contributed by atoms with Gasteiger partial charge in [-0.1, -0.05) is 20.8 Å². The van der Waals surface area contributed by atoms with Gasteiger partial charge < -0.3 is 10.6 Å². The van der Waals surface area contributed by atoms with Gasteiger partial charge in [0, 0.05) is 18.2 Å². The van der Waals surface area contributed by atoms with Crippen LogP contribution in [0.1, 0.15) is 64.3 Å². The van der Waals surface area contributed by atoms with Gasteiger partial charge in [0.15, 0.2) is 0 Å². The van der Waals surface area contributed by atoms with Crippen LogP contribution in [0.4, 0.5) is 11.6 Å². The Labute approximate surface area is 129 Å². The zero-order chi connectivity index (χ0) is 15.5. The van der Waals surface area contributed by atoms with E-state index in [-0.39, 0.29) is 0 Å². The van der Waals surface area contributed by atoms with Gasteiger partial charge in [-0.15, -0.1) is 0 Å². The summed E-state index contributed by atoms with van der Waals surface area (Å²) in [6.45, 7) is 11.9. The van der Waals surface area contributed by atoms with Crippen LogP contribution >= 0.6 is 0 Å². The number of hydrogen-bond acceptors (Lipinski definition) is 4. The Balaban J connectivity index is 2.07. The summed E-state index contributed by atoms with van der Waals surface area (Å²) >= 11 is 0. The van der Waals surface area contributed by atoms with Crippen molar-refractivity contribution in [2.45, 2.75) is 72.8 Å². The third-order valence-corrected chi connectivity index (χ3v) is 4.48. The predicted molar refractivity (Wildman–Crippen MR) is 89.9 cm³/mol. The minimum absolute atomic E-state index is 0.503. The number of hydrogen-bond donors (Lipinski definition) is 2. The van der Waals surface area contributed by atoms with E-state index in [0.29, 0.717) is 11.5 Å². The summed E-state index contributed by atoms with van der Waals surface area (Å²) in [6.07, 6.45) is 6.13. The Morgan fingerprint density at radius 2 is 1.71 bits per heavy atom. The standard InChI is InChI=1S/C17H30N4/c1-6-11-18-15-12(2)16(20-13(3)19-15)21-14-7-9-17(4,5)10-8-14/h14H,6-11H2,1-5H3,(H2,18,19,20,21). The topological polar surface area (TPSA) is 49.8 Å². The molecule has 1 fully saturated rings. The van der Waals surface area contributed by atoms with Gasteiger partial charge in [-0.25, -0.2) is 9.97 Å². The first-order chi connectivity index (χ1) is 9.91. The number of aryl methyl sites for hydroxylation is 1. The maximum atomic E-state index is 4.61. The molecule has 1 aliphatic rings. The first-order valence-electron chi connectivity index (χ1n) is 8.27. The van der Waals surface area contributed by atoms with Gasteiger partial charge in [-0.05, 0) is 51.4 Å². The molecule has 2 N–H and O–H groups in total. The van der Waals surface area contributed by atoms with Crippen molar-refractivity contribution in [3.63, 3.8) is 0 Å². The minimum Gasteiger partial charge on any atom is -0.370 e. The lowest BCUT2D eigenvalue weighted by atomic mass is 9.75. The van der Waals surface area contributed by atoms with Crippen molar-refractivity contribution in [3.05, 3.63) is 11.4 Å². The lowest BCUT2D eigenvalue weighted by Gasteiger charge is -2.35. The molecule has 0 saturated heterocycles. The summed E-state index contributed by atoms with van der Waals surface area (Å²) in [5, 5.41) is 7.06. The summed E-state index contributed by atoms with van der Waals surface area (Å²) in [4.78, 5) is 9.13. The third-order valence-electron chi connectivity index (χ3n) is 4.48. The van der Waals surface area contributed by atoms with E-state index in [1.165, 1.54) is 25.7 Å². The van der Waals surface area contributed by atoms with Crippen molar-refractivity contribution in [1.29, 1.82) is 0 Å². The molecule has 1 saturated carbocycles. The first kappa shape index (κ1) is 16.1. The van der Waals surface area contributed by atoms with E-state index in [1.54, 1.807) is 0 Å². The molecule has 4 nitrogen and oxygen atoms in total. The van der Waals surface area contributed by atoms with Crippen LogP contribution in [0.5, 0.6) is 0 Å². The fourth-order valence-electron chi connectivity index (χ4n) is 2.92. The second kappa shape index (κ2) is 6.63. The smallest absolute Gasteiger partial charge is 0.134 e. The number of rotatable bonds is 5. The number of anilines is 2. The summed E-state index contributed by atoms with van der Waals surface area (Å²) in [5.74, 6) is 2.81. The molecule has 0 unspecified atom stereocenters. The molecule has 0 spiro atoms. The molecule has 0 aliphatic heterocycles. The molecule has 1 aromatic heterocycles. The molecule has 0 atom stereocenters. The average Bonchev–Trinajstić information content (AvgIpc) is 2.43. The monoisotopic (exact) mass is 290 g/mol. The highest BCUT2D eigenvalue weighted by atomic mass is 15.1. The molecule has 0 amide bonds. The SMILES string of the molecule is CCCNc1nc(C)nc(NC2CCC(C)(C)CC2)c1C. The number of nitrogens with one attached hydrogen (secondary N) is 2. The van der Waals surface area contributed by atoms with Crippen LogP contribution < -0.4 is 10.6 Å². The van der Waals surface area contributed by atoms with Crippen LogP contribution in [0.3, 0.4) is 0 Å². The van der Waals surface area contributed by atoms with Crippen molar-refractivity contribution < 1.29 is 0 Å². The van der Waals surface area contributed by atoms with E-state index in [4.69, 9.17) is 0 Å². The maximum absolute atomic E-state index is 4.61. The number of nitrogens with zero attached hydrogens (tertiary/aromatic N) is 2. The van der Waals surface area contributed by atoms with Crippen molar-refractivity contribution in [3.8, 4) is 0 Å². The zero-order valence-electron chi connectivity index (χ0n) is 14.2. The largest absolute Gasteiger partial charge is 0.370 e. The molecular formula is C17H30N4. The van der Waals surface area contributed by atoms with E-state index >= 15 is 0 Å². The van der Waals surface area contributed by atoms with Crippen molar-refractivity contribution in [2.24, 2.45) is 5.41 Å². The van der Waals surface area contributed by atoms with Crippen LogP contribution in [-0.2, 0) is 0 Å². The molecule has 2 rings (SSSR count). The zero-order valence-corrected chi connectivity index (χ0v) is 14.2. The molecule has 118 valence electrons. The maximum Gasteiger partial charge on any atom is 0.134 e. The Morgan fingerprint density at radius 3 is 2.33 bits per heavy atom. The minimum atomic E-state index is 0.503. The highest BCUT2D eigenvalue weighted by Gasteiger charge is 2.27. The average molecular weight is 290 g/mol. The van der Waals surface area contributed by atoms with Gasteiger partial charge >= 0.3 is 0 Å². The van der Waals surface area contributed by atoms with E-state index in [0.717, 1.165) is 36.0 Å². The van der Waals surface area contributed by atoms with Crippen molar-refractivity contribution >= 4 is 11.6 Å². The lowest BCUT2D eigenvalue weighted by molar-refractivity contribution is 0.232. The van der Waals surface area contributed by atoms with E-state index in [9.17, 15) is 0 Å². The normalized spacial score (nSPS) is 18.5. The quantitative estimate of drug-likeness (QED) is 0.849. The summed E-state index contributed by atoms with van der Waals surface area (Å²) in [7, 11) is 0. The molecule has 0 bridgehead atoms. The third kappa shape index (κ3) is 4.32. The van der Waals surface area contributed by atoms with Crippen LogP contribution in [-0.4, -0.2) is 22.6 Å². The fraction of sp³-hybridized carbons (Fsp3) is 0.765. The number of aromatic nitrogens is 2. The molecule has 4 heteroatoms. The summed E-state index contributed by atoms with van der Waals surface area (Å²) < 4.78 is 0. The molecule has 1 aromatic rings. The Hall–Kier alpha value is -1.32.